The van der Waals surface area contributed by atoms with Gasteiger partial charge in [0.1, 0.15) is 0 Å². The Balaban J connectivity index is 1.81. The molecule has 0 aliphatic rings. The highest BCUT2D eigenvalue weighted by molar-refractivity contribution is 9.10. The summed E-state index contributed by atoms with van der Waals surface area (Å²) in [6.07, 6.45) is 0. The smallest absolute Gasteiger partial charge is 0.175 e. The zero-order valence-electron chi connectivity index (χ0n) is 11.5. The molecule has 0 fully saturated rings. The van der Waals surface area contributed by atoms with Gasteiger partial charge in [0.25, 0.3) is 0 Å². The van der Waals surface area contributed by atoms with Crippen LogP contribution in [0.5, 0.6) is 0 Å². The molecule has 0 amide bonds. The Labute approximate surface area is 131 Å². The van der Waals surface area contributed by atoms with Gasteiger partial charge in [0, 0.05) is 10.2 Å². The predicted molar refractivity (Wildman–Crippen MR) is 85.4 cm³/mol. The van der Waals surface area contributed by atoms with Crippen molar-refractivity contribution in [2.24, 2.45) is 0 Å². The number of aryl methyl sites for hydroxylation is 1. The van der Waals surface area contributed by atoms with Gasteiger partial charge in [-0.2, -0.15) is 4.68 Å². The molecule has 106 valence electrons. The number of anilines is 1. The molecule has 1 heterocycles. The van der Waals surface area contributed by atoms with Crippen LogP contribution in [0.4, 0.5) is 5.69 Å². The number of para-hydroxylation sites is 1. The monoisotopic (exact) mass is 343 g/mol. The molecule has 6 heteroatoms. The Morgan fingerprint density at radius 3 is 2.71 bits per heavy atom. The van der Waals surface area contributed by atoms with E-state index in [-0.39, 0.29) is 0 Å². The fourth-order valence-corrected chi connectivity index (χ4v) is 2.45. The van der Waals surface area contributed by atoms with E-state index in [9.17, 15) is 0 Å². The van der Waals surface area contributed by atoms with Crippen LogP contribution in [-0.2, 0) is 6.54 Å². The van der Waals surface area contributed by atoms with Crippen LogP contribution in [-0.4, -0.2) is 20.2 Å². The molecule has 0 spiro atoms. The van der Waals surface area contributed by atoms with Gasteiger partial charge in [-0.1, -0.05) is 30.3 Å². The van der Waals surface area contributed by atoms with Gasteiger partial charge in [0.15, 0.2) is 5.82 Å². The van der Waals surface area contributed by atoms with Gasteiger partial charge >= 0.3 is 0 Å². The highest BCUT2D eigenvalue weighted by atomic mass is 79.9. The van der Waals surface area contributed by atoms with Crippen LogP contribution in [0.2, 0.25) is 0 Å². The van der Waals surface area contributed by atoms with E-state index in [0.717, 1.165) is 21.7 Å². The van der Waals surface area contributed by atoms with Crippen molar-refractivity contribution in [3.8, 4) is 5.69 Å². The molecule has 0 aliphatic heterocycles. The molecule has 3 aromatic rings. The van der Waals surface area contributed by atoms with Crippen molar-refractivity contribution in [1.82, 2.24) is 20.2 Å². The number of nitrogens with zero attached hydrogens (tertiary/aromatic N) is 4. The first-order chi connectivity index (χ1) is 10.3. The maximum atomic E-state index is 4.08. The third-order valence-corrected chi connectivity index (χ3v) is 4.22. The molecule has 0 bridgehead atoms. The van der Waals surface area contributed by atoms with Crippen molar-refractivity contribution in [1.29, 1.82) is 0 Å². The lowest BCUT2D eigenvalue weighted by atomic mass is 10.2. The van der Waals surface area contributed by atoms with Crippen molar-refractivity contribution >= 4 is 21.6 Å². The summed E-state index contributed by atoms with van der Waals surface area (Å²) in [4.78, 5) is 0. The van der Waals surface area contributed by atoms with E-state index >= 15 is 0 Å². The summed E-state index contributed by atoms with van der Waals surface area (Å²) in [5, 5.41) is 15.2. The first-order valence-corrected chi connectivity index (χ1v) is 7.36. The van der Waals surface area contributed by atoms with Crippen LogP contribution in [0.3, 0.4) is 0 Å². The van der Waals surface area contributed by atoms with Gasteiger partial charge < -0.3 is 5.32 Å². The molecule has 21 heavy (non-hydrogen) atoms. The first-order valence-electron chi connectivity index (χ1n) is 6.57. The molecule has 0 radical (unpaired) electrons. The third kappa shape index (κ3) is 2.95. The standard InChI is InChI=1S/C15H14BrN5/c1-11-6-5-9-13(15(11)16)17-10-14-18-19-20-21(14)12-7-3-2-4-8-12/h2-9,17H,10H2,1H3. The van der Waals surface area contributed by atoms with E-state index in [4.69, 9.17) is 0 Å². The minimum atomic E-state index is 0.546. The predicted octanol–water partition coefficient (Wildman–Crippen LogP) is 3.35. The van der Waals surface area contributed by atoms with Gasteiger partial charge in [-0.15, -0.1) is 5.10 Å². The van der Waals surface area contributed by atoms with Crippen LogP contribution in [0, 0.1) is 6.92 Å². The van der Waals surface area contributed by atoms with E-state index in [1.54, 1.807) is 4.68 Å². The fraction of sp³-hybridized carbons (Fsp3) is 0.133. The highest BCUT2D eigenvalue weighted by Gasteiger charge is 2.09. The molecule has 5 nitrogen and oxygen atoms in total. The van der Waals surface area contributed by atoms with E-state index in [0.29, 0.717) is 6.54 Å². The zero-order valence-corrected chi connectivity index (χ0v) is 13.1. The maximum absolute atomic E-state index is 4.08. The Kier molecular flexibility index (Phi) is 3.96. The van der Waals surface area contributed by atoms with Gasteiger partial charge in [-0.3, -0.25) is 0 Å². The summed E-state index contributed by atoms with van der Waals surface area (Å²) in [6, 6.07) is 15.9. The van der Waals surface area contributed by atoms with Gasteiger partial charge in [-0.25, -0.2) is 0 Å². The summed E-state index contributed by atoms with van der Waals surface area (Å²) in [5.41, 5.74) is 3.16. The topological polar surface area (TPSA) is 55.6 Å². The maximum Gasteiger partial charge on any atom is 0.175 e. The minimum Gasteiger partial charge on any atom is -0.377 e. The lowest BCUT2D eigenvalue weighted by molar-refractivity contribution is 0.768. The zero-order chi connectivity index (χ0) is 14.7. The summed E-state index contributed by atoms with van der Waals surface area (Å²) >= 11 is 3.59. The fourth-order valence-electron chi connectivity index (χ4n) is 2.04. The Hall–Kier alpha value is -2.21. The quantitative estimate of drug-likeness (QED) is 0.789. The number of halogens is 1. The van der Waals surface area contributed by atoms with Crippen LogP contribution in [0.25, 0.3) is 5.69 Å². The van der Waals surface area contributed by atoms with E-state index in [2.05, 4.69) is 49.8 Å². The minimum absolute atomic E-state index is 0.546. The van der Waals surface area contributed by atoms with Crippen molar-refractivity contribution in [3.63, 3.8) is 0 Å². The number of aromatic nitrogens is 4. The van der Waals surface area contributed by atoms with E-state index in [1.807, 2.05) is 42.5 Å². The SMILES string of the molecule is Cc1cccc(NCc2nnnn2-c2ccccc2)c1Br. The second-order valence-corrected chi connectivity index (χ2v) is 5.43. The Morgan fingerprint density at radius 2 is 1.90 bits per heavy atom. The lowest BCUT2D eigenvalue weighted by Gasteiger charge is -2.10. The number of nitrogens with one attached hydrogen (secondary N) is 1. The molecule has 0 aliphatic carbocycles. The molecule has 0 saturated heterocycles. The number of tetrazole rings is 1. The van der Waals surface area contributed by atoms with Crippen molar-refractivity contribution in [2.75, 3.05) is 5.32 Å². The second kappa shape index (κ2) is 6.05. The number of benzene rings is 2. The molecule has 2 aromatic carbocycles. The average molecular weight is 344 g/mol. The molecular formula is C15H14BrN5. The van der Waals surface area contributed by atoms with E-state index < -0.39 is 0 Å². The summed E-state index contributed by atoms with van der Waals surface area (Å²) < 4.78 is 2.79. The molecule has 0 saturated carbocycles. The highest BCUT2D eigenvalue weighted by Crippen LogP contribution is 2.26. The molecule has 1 N–H and O–H groups in total. The normalized spacial score (nSPS) is 10.6. The van der Waals surface area contributed by atoms with Crippen LogP contribution >= 0.6 is 15.9 Å². The molecular weight excluding hydrogens is 330 g/mol. The van der Waals surface area contributed by atoms with Gasteiger partial charge in [0.05, 0.1) is 12.2 Å². The lowest BCUT2D eigenvalue weighted by Crippen LogP contribution is -2.09. The van der Waals surface area contributed by atoms with Crippen molar-refractivity contribution in [2.45, 2.75) is 13.5 Å². The summed E-state index contributed by atoms with van der Waals surface area (Å²) in [6.45, 7) is 2.60. The third-order valence-electron chi connectivity index (χ3n) is 3.16. The van der Waals surface area contributed by atoms with Crippen molar-refractivity contribution < 1.29 is 0 Å². The molecule has 0 atom stereocenters. The number of hydrogen-bond donors (Lipinski definition) is 1. The summed E-state index contributed by atoms with van der Waals surface area (Å²) in [7, 11) is 0. The second-order valence-electron chi connectivity index (χ2n) is 4.63. The molecule has 3 rings (SSSR count). The summed E-state index contributed by atoms with van der Waals surface area (Å²) in [5.74, 6) is 0.759. The molecule has 0 unspecified atom stereocenters. The van der Waals surface area contributed by atoms with Crippen LogP contribution in [0.1, 0.15) is 11.4 Å². The van der Waals surface area contributed by atoms with Crippen LogP contribution in [0.15, 0.2) is 53.0 Å². The number of hydrogen-bond acceptors (Lipinski definition) is 4. The first kappa shape index (κ1) is 13.8. The Morgan fingerprint density at radius 1 is 1.10 bits per heavy atom. The van der Waals surface area contributed by atoms with E-state index in [1.165, 1.54) is 5.56 Å². The number of rotatable bonds is 4. The van der Waals surface area contributed by atoms with Gasteiger partial charge in [-0.05, 0) is 57.0 Å². The van der Waals surface area contributed by atoms with Gasteiger partial charge in [0.2, 0.25) is 0 Å². The Bertz CT molecular complexity index is 739. The van der Waals surface area contributed by atoms with Crippen molar-refractivity contribution in [3.05, 3.63) is 64.4 Å². The van der Waals surface area contributed by atoms with Crippen LogP contribution < -0.4 is 5.32 Å². The molecule has 1 aromatic heterocycles. The largest absolute Gasteiger partial charge is 0.377 e. The average Bonchev–Trinajstić information content (AvgIpc) is 2.98.